The average molecular weight is 452 g/mol. The fraction of sp³-hybridized carbons (Fsp3) is 0.269. The van der Waals surface area contributed by atoms with Crippen molar-refractivity contribution in [3.8, 4) is 17.2 Å². The van der Waals surface area contributed by atoms with E-state index in [2.05, 4.69) is 0 Å². The molecule has 1 aliphatic heterocycles. The highest BCUT2D eigenvalue weighted by molar-refractivity contribution is 6.31. The highest BCUT2D eigenvalue weighted by Gasteiger charge is 2.34. The lowest BCUT2D eigenvalue weighted by Crippen LogP contribution is -2.33. The van der Waals surface area contributed by atoms with E-state index in [9.17, 15) is 4.79 Å². The lowest BCUT2D eigenvalue weighted by molar-refractivity contribution is 0.0635. The van der Waals surface area contributed by atoms with Crippen molar-refractivity contribution in [3.05, 3.63) is 88.4 Å². The number of ether oxygens (including phenoxy) is 3. The Morgan fingerprint density at radius 1 is 0.938 bits per heavy atom. The molecule has 0 saturated carbocycles. The summed E-state index contributed by atoms with van der Waals surface area (Å²) in [4.78, 5) is 15.1. The number of hydrogen-bond donors (Lipinski definition) is 0. The Morgan fingerprint density at radius 3 is 2.25 bits per heavy atom. The monoisotopic (exact) mass is 451 g/mol. The van der Waals surface area contributed by atoms with Crippen LogP contribution in [0.5, 0.6) is 17.2 Å². The molecular formula is C26H26ClNO4. The van der Waals surface area contributed by atoms with E-state index in [4.69, 9.17) is 25.8 Å². The van der Waals surface area contributed by atoms with Crippen molar-refractivity contribution in [2.75, 3.05) is 13.7 Å². The first kappa shape index (κ1) is 22.0. The minimum Gasteiger partial charge on any atom is -0.497 e. The molecule has 1 aliphatic rings. The molecule has 3 aromatic carbocycles. The Kier molecular flexibility index (Phi) is 6.56. The minimum absolute atomic E-state index is 0.0478. The normalized spacial score (nSPS) is 13.8. The number of carbonyl (C=O) groups excluding carboxylic acids is 1. The number of fused-ring (bicyclic) bond motifs is 1. The van der Waals surface area contributed by atoms with Crippen molar-refractivity contribution in [1.82, 2.24) is 4.90 Å². The van der Waals surface area contributed by atoms with Gasteiger partial charge in [-0.15, -0.1) is 0 Å². The first-order valence-corrected chi connectivity index (χ1v) is 11.0. The first-order valence-electron chi connectivity index (χ1n) is 10.6. The molecule has 0 spiro atoms. The molecule has 1 heterocycles. The molecule has 0 bridgehead atoms. The zero-order chi connectivity index (χ0) is 22.7. The number of halogens is 1. The van der Waals surface area contributed by atoms with Crippen LogP contribution in [-0.2, 0) is 6.54 Å². The second-order valence-electron chi connectivity index (χ2n) is 7.97. The van der Waals surface area contributed by atoms with E-state index in [1.54, 1.807) is 13.2 Å². The standard InChI is InChI=1S/C26H26ClNO4/c1-17(2)32-23-8-5-18(6-9-23)25(16-31-22-12-10-21(30-3)11-13-22)28-15-19-4-7-20(27)14-24(19)26(28)29/h4-14,17,25H,15-16H2,1-3H3. The fourth-order valence-electron chi connectivity index (χ4n) is 3.80. The first-order chi connectivity index (χ1) is 15.4. The summed E-state index contributed by atoms with van der Waals surface area (Å²) in [5.41, 5.74) is 2.59. The van der Waals surface area contributed by atoms with Crippen LogP contribution in [0.15, 0.2) is 66.7 Å². The van der Waals surface area contributed by atoms with Gasteiger partial charge in [-0.25, -0.2) is 0 Å². The maximum Gasteiger partial charge on any atom is 0.255 e. The van der Waals surface area contributed by atoms with Crippen molar-refractivity contribution in [2.45, 2.75) is 32.5 Å². The molecule has 4 rings (SSSR count). The second kappa shape index (κ2) is 9.53. The van der Waals surface area contributed by atoms with Gasteiger partial charge in [0.2, 0.25) is 0 Å². The molecule has 5 nitrogen and oxygen atoms in total. The Bertz CT molecular complexity index is 1080. The zero-order valence-corrected chi connectivity index (χ0v) is 19.1. The van der Waals surface area contributed by atoms with Gasteiger partial charge in [0, 0.05) is 17.1 Å². The van der Waals surface area contributed by atoms with Crippen LogP contribution in [-0.4, -0.2) is 30.6 Å². The van der Waals surface area contributed by atoms with E-state index >= 15 is 0 Å². The fourth-order valence-corrected chi connectivity index (χ4v) is 3.97. The molecule has 166 valence electrons. The van der Waals surface area contributed by atoms with Crippen LogP contribution in [0.2, 0.25) is 5.02 Å². The third kappa shape index (κ3) is 4.83. The van der Waals surface area contributed by atoms with E-state index < -0.39 is 0 Å². The lowest BCUT2D eigenvalue weighted by Gasteiger charge is -2.28. The van der Waals surface area contributed by atoms with Crippen molar-refractivity contribution >= 4 is 17.5 Å². The molecule has 0 fully saturated rings. The molecule has 0 aliphatic carbocycles. The summed E-state index contributed by atoms with van der Waals surface area (Å²) in [7, 11) is 1.63. The van der Waals surface area contributed by atoms with E-state index in [0.717, 1.165) is 22.6 Å². The van der Waals surface area contributed by atoms with Gasteiger partial charge in [0.25, 0.3) is 5.91 Å². The summed E-state index contributed by atoms with van der Waals surface area (Å²) >= 11 is 6.14. The molecule has 0 saturated heterocycles. The van der Waals surface area contributed by atoms with Gasteiger partial charge in [0.05, 0.1) is 19.3 Å². The highest BCUT2D eigenvalue weighted by atomic mass is 35.5. The van der Waals surface area contributed by atoms with Crippen LogP contribution in [0, 0.1) is 0 Å². The van der Waals surface area contributed by atoms with Crippen LogP contribution < -0.4 is 14.2 Å². The van der Waals surface area contributed by atoms with Crippen LogP contribution in [0.3, 0.4) is 0 Å². The smallest absolute Gasteiger partial charge is 0.255 e. The predicted molar refractivity (Wildman–Crippen MR) is 125 cm³/mol. The molecule has 1 atom stereocenters. The minimum atomic E-state index is -0.274. The van der Waals surface area contributed by atoms with Gasteiger partial charge in [0.15, 0.2) is 0 Å². The molecule has 6 heteroatoms. The predicted octanol–water partition coefficient (Wildman–Crippen LogP) is 5.91. The van der Waals surface area contributed by atoms with Gasteiger partial charge in [-0.3, -0.25) is 4.79 Å². The maximum atomic E-state index is 13.2. The summed E-state index contributed by atoms with van der Waals surface area (Å²) in [6, 6.07) is 20.4. The van der Waals surface area contributed by atoms with Crippen molar-refractivity contribution < 1.29 is 19.0 Å². The molecule has 0 N–H and O–H groups in total. The molecular weight excluding hydrogens is 426 g/mol. The average Bonchev–Trinajstić information content (AvgIpc) is 3.11. The third-order valence-corrected chi connectivity index (χ3v) is 5.62. The van der Waals surface area contributed by atoms with Gasteiger partial charge in [-0.2, -0.15) is 0 Å². The summed E-state index contributed by atoms with van der Waals surface area (Å²) < 4.78 is 17.1. The molecule has 3 aromatic rings. The number of rotatable bonds is 8. The van der Waals surface area contributed by atoms with E-state index in [1.807, 2.05) is 79.4 Å². The van der Waals surface area contributed by atoms with Gasteiger partial charge in [-0.1, -0.05) is 29.8 Å². The van der Waals surface area contributed by atoms with Crippen LogP contribution >= 0.6 is 11.6 Å². The van der Waals surface area contributed by atoms with Crippen molar-refractivity contribution in [1.29, 1.82) is 0 Å². The van der Waals surface area contributed by atoms with E-state index in [0.29, 0.717) is 29.5 Å². The summed E-state index contributed by atoms with van der Waals surface area (Å²) in [5.74, 6) is 2.22. The number of methoxy groups -OCH3 is 1. The zero-order valence-electron chi connectivity index (χ0n) is 18.4. The van der Waals surface area contributed by atoms with Gasteiger partial charge in [-0.05, 0) is 73.5 Å². The SMILES string of the molecule is COc1ccc(OCC(c2ccc(OC(C)C)cc2)N2Cc3ccc(Cl)cc3C2=O)cc1. The molecule has 1 unspecified atom stereocenters. The largest absolute Gasteiger partial charge is 0.497 e. The Morgan fingerprint density at radius 2 is 1.59 bits per heavy atom. The van der Waals surface area contributed by atoms with E-state index in [-0.39, 0.29) is 18.1 Å². The topological polar surface area (TPSA) is 48.0 Å². The Labute approximate surface area is 193 Å². The third-order valence-electron chi connectivity index (χ3n) is 5.38. The summed E-state index contributed by atoms with van der Waals surface area (Å²) in [5, 5.41) is 0.556. The molecule has 0 radical (unpaired) electrons. The summed E-state index contributed by atoms with van der Waals surface area (Å²) in [6.07, 6.45) is 0.0921. The van der Waals surface area contributed by atoms with Gasteiger partial charge in [0.1, 0.15) is 23.9 Å². The number of nitrogens with zero attached hydrogens (tertiary/aromatic N) is 1. The number of amides is 1. The number of hydrogen-bond acceptors (Lipinski definition) is 4. The highest BCUT2D eigenvalue weighted by Crippen LogP contribution is 2.34. The molecule has 0 aromatic heterocycles. The Balaban J connectivity index is 1.59. The summed E-state index contributed by atoms with van der Waals surface area (Å²) in [6.45, 7) is 4.80. The van der Waals surface area contributed by atoms with Gasteiger partial charge >= 0.3 is 0 Å². The van der Waals surface area contributed by atoms with Crippen LogP contribution in [0.4, 0.5) is 0 Å². The van der Waals surface area contributed by atoms with Crippen LogP contribution in [0.25, 0.3) is 0 Å². The van der Waals surface area contributed by atoms with Crippen molar-refractivity contribution in [3.63, 3.8) is 0 Å². The van der Waals surface area contributed by atoms with E-state index in [1.165, 1.54) is 0 Å². The van der Waals surface area contributed by atoms with Gasteiger partial charge < -0.3 is 19.1 Å². The number of carbonyl (C=O) groups is 1. The lowest BCUT2D eigenvalue weighted by atomic mass is 10.1. The van der Waals surface area contributed by atoms with Crippen LogP contribution in [0.1, 0.15) is 41.4 Å². The Hall–Kier alpha value is -3.18. The number of benzene rings is 3. The molecule has 32 heavy (non-hydrogen) atoms. The second-order valence-corrected chi connectivity index (χ2v) is 8.41. The molecule has 1 amide bonds. The van der Waals surface area contributed by atoms with Crippen molar-refractivity contribution in [2.24, 2.45) is 0 Å². The maximum absolute atomic E-state index is 13.2. The quantitative estimate of drug-likeness (QED) is 0.427.